The van der Waals surface area contributed by atoms with Gasteiger partial charge in [-0.1, -0.05) is 38.1 Å². The number of hydrogen-bond donors (Lipinski definition) is 2. The van der Waals surface area contributed by atoms with Gasteiger partial charge in [-0.15, -0.1) is 0 Å². The maximum Gasteiger partial charge on any atom is 0.241 e. The number of benzene rings is 2. The highest BCUT2D eigenvalue weighted by molar-refractivity contribution is 7.91. The van der Waals surface area contributed by atoms with E-state index in [1.165, 1.54) is 37.3 Å². The van der Waals surface area contributed by atoms with Gasteiger partial charge in [0, 0.05) is 6.04 Å². The fourth-order valence-corrected chi connectivity index (χ4v) is 5.50. The molecule has 0 saturated heterocycles. The Kier molecular flexibility index (Phi) is 6.23. The summed E-state index contributed by atoms with van der Waals surface area (Å²) < 4.78 is 53.4. The normalized spacial score (nSPS) is 13.7. The lowest BCUT2D eigenvalue weighted by atomic mass is 10.0. The van der Waals surface area contributed by atoms with E-state index in [2.05, 4.69) is 4.72 Å². The van der Waals surface area contributed by atoms with Gasteiger partial charge in [-0.3, -0.25) is 0 Å². The van der Waals surface area contributed by atoms with E-state index < -0.39 is 25.9 Å². The van der Waals surface area contributed by atoms with Gasteiger partial charge in [-0.2, -0.15) is 0 Å². The van der Waals surface area contributed by atoms with Crippen molar-refractivity contribution in [2.45, 2.75) is 47.4 Å². The quantitative estimate of drug-likeness (QED) is 0.747. The molecular formula is C18H23NO5S2. The van der Waals surface area contributed by atoms with E-state index in [0.717, 1.165) is 0 Å². The van der Waals surface area contributed by atoms with Crippen molar-refractivity contribution in [3.63, 3.8) is 0 Å². The fourth-order valence-electron chi connectivity index (χ4n) is 2.49. The third-order valence-corrected chi connectivity index (χ3v) is 7.30. The van der Waals surface area contributed by atoms with E-state index in [1.807, 2.05) is 13.8 Å². The van der Waals surface area contributed by atoms with Crippen molar-refractivity contribution in [2.24, 2.45) is 0 Å². The standard InChI is InChI=1S/C18H23NO5S2/c1-13(2)17-10-9-16(25(21,22)15-7-5-4-6-8-15)11-18(17)26(23,24)19-14(3)12-20/h4-11,13-14,19-20H,12H2,1-3H3/t14-/m1/s1. The Labute approximate surface area is 154 Å². The van der Waals surface area contributed by atoms with Gasteiger partial charge >= 0.3 is 0 Å². The van der Waals surface area contributed by atoms with Crippen LogP contribution in [0.2, 0.25) is 0 Å². The third kappa shape index (κ3) is 4.32. The Morgan fingerprint density at radius 2 is 1.54 bits per heavy atom. The van der Waals surface area contributed by atoms with Crippen LogP contribution in [0, 0.1) is 0 Å². The monoisotopic (exact) mass is 397 g/mol. The number of sulfonamides is 1. The Balaban J connectivity index is 2.63. The molecule has 2 N–H and O–H groups in total. The molecular weight excluding hydrogens is 374 g/mol. The number of rotatable bonds is 7. The summed E-state index contributed by atoms with van der Waals surface area (Å²) in [5.74, 6) is -0.125. The maximum absolute atomic E-state index is 12.8. The van der Waals surface area contributed by atoms with Crippen molar-refractivity contribution in [3.05, 3.63) is 54.1 Å². The summed E-state index contributed by atoms with van der Waals surface area (Å²) in [6.45, 7) is 4.82. The number of sulfone groups is 1. The molecule has 0 spiro atoms. The Morgan fingerprint density at radius 3 is 2.08 bits per heavy atom. The Morgan fingerprint density at radius 1 is 0.923 bits per heavy atom. The lowest BCUT2D eigenvalue weighted by Crippen LogP contribution is -2.35. The van der Waals surface area contributed by atoms with Gasteiger partial charge < -0.3 is 5.11 Å². The Bertz CT molecular complexity index is 968. The second kappa shape index (κ2) is 7.87. The second-order valence-electron chi connectivity index (χ2n) is 6.38. The number of aliphatic hydroxyl groups is 1. The third-order valence-electron chi connectivity index (χ3n) is 3.89. The summed E-state index contributed by atoms with van der Waals surface area (Å²) in [5.41, 5.74) is 0.509. The molecule has 0 heterocycles. The zero-order valence-corrected chi connectivity index (χ0v) is 16.5. The first-order valence-corrected chi connectivity index (χ1v) is 11.1. The predicted octanol–water partition coefficient (Wildman–Crippen LogP) is 2.30. The van der Waals surface area contributed by atoms with Gasteiger partial charge in [-0.05, 0) is 42.7 Å². The van der Waals surface area contributed by atoms with Crippen molar-refractivity contribution in [1.82, 2.24) is 4.72 Å². The molecule has 0 fully saturated rings. The average molecular weight is 398 g/mol. The lowest BCUT2D eigenvalue weighted by Gasteiger charge is -2.18. The Hall–Kier alpha value is -1.74. The highest BCUT2D eigenvalue weighted by Crippen LogP contribution is 2.29. The number of nitrogens with one attached hydrogen (secondary N) is 1. The predicted molar refractivity (Wildman–Crippen MR) is 99.3 cm³/mol. The maximum atomic E-state index is 12.8. The van der Waals surface area contributed by atoms with Crippen LogP contribution in [0.1, 0.15) is 32.3 Å². The smallest absolute Gasteiger partial charge is 0.241 e. The summed E-state index contributed by atoms with van der Waals surface area (Å²) in [4.78, 5) is -0.0905. The summed E-state index contributed by atoms with van der Waals surface area (Å²) in [6, 6.07) is 11.3. The van der Waals surface area contributed by atoms with Crippen molar-refractivity contribution in [2.75, 3.05) is 6.61 Å². The first kappa shape index (κ1) is 20.6. The van der Waals surface area contributed by atoms with Gasteiger partial charge in [0.25, 0.3) is 0 Å². The van der Waals surface area contributed by atoms with E-state index in [-0.39, 0.29) is 27.2 Å². The topological polar surface area (TPSA) is 101 Å². The minimum atomic E-state index is -3.99. The van der Waals surface area contributed by atoms with Crippen molar-refractivity contribution in [3.8, 4) is 0 Å². The summed E-state index contributed by atoms with van der Waals surface area (Å²) >= 11 is 0. The molecule has 26 heavy (non-hydrogen) atoms. The van der Waals surface area contributed by atoms with Crippen molar-refractivity contribution < 1.29 is 21.9 Å². The molecule has 0 aliphatic heterocycles. The molecule has 0 aliphatic carbocycles. The number of hydrogen-bond acceptors (Lipinski definition) is 5. The first-order chi connectivity index (χ1) is 12.1. The molecule has 1 atom stereocenters. The fraction of sp³-hybridized carbons (Fsp3) is 0.333. The van der Waals surface area contributed by atoms with Crippen LogP contribution in [0.25, 0.3) is 0 Å². The molecule has 0 aliphatic rings. The zero-order chi connectivity index (χ0) is 19.5. The van der Waals surface area contributed by atoms with Gasteiger partial charge in [-0.25, -0.2) is 21.6 Å². The molecule has 0 bridgehead atoms. The summed E-state index contributed by atoms with van der Waals surface area (Å²) in [6.07, 6.45) is 0. The van der Waals surface area contributed by atoms with Crippen LogP contribution in [0.5, 0.6) is 0 Å². The van der Waals surface area contributed by atoms with Gasteiger partial charge in [0.05, 0.1) is 21.3 Å². The molecule has 0 amide bonds. The zero-order valence-electron chi connectivity index (χ0n) is 14.9. The molecule has 0 radical (unpaired) electrons. The molecule has 2 aromatic rings. The highest BCUT2D eigenvalue weighted by Gasteiger charge is 2.26. The van der Waals surface area contributed by atoms with E-state index >= 15 is 0 Å². The van der Waals surface area contributed by atoms with Gasteiger partial charge in [0.2, 0.25) is 19.9 Å². The first-order valence-electron chi connectivity index (χ1n) is 8.17. The minimum absolute atomic E-state index is 0.0925. The van der Waals surface area contributed by atoms with E-state index in [9.17, 15) is 16.8 Å². The molecule has 8 heteroatoms. The number of aliphatic hydroxyl groups excluding tert-OH is 1. The van der Waals surface area contributed by atoms with Crippen LogP contribution in [0.3, 0.4) is 0 Å². The molecule has 0 aromatic heterocycles. The molecule has 0 saturated carbocycles. The SMILES string of the molecule is CC(C)c1ccc(S(=O)(=O)c2ccccc2)cc1S(=O)(=O)N[C@H](C)CO. The molecule has 142 valence electrons. The van der Waals surface area contributed by atoms with Crippen LogP contribution in [-0.4, -0.2) is 34.6 Å². The highest BCUT2D eigenvalue weighted by atomic mass is 32.2. The summed E-state index contributed by atoms with van der Waals surface area (Å²) in [7, 11) is -7.83. The molecule has 6 nitrogen and oxygen atoms in total. The second-order valence-corrected chi connectivity index (χ2v) is 10.0. The van der Waals surface area contributed by atoms with Crippen LogP contribution < -0.4 is 4.72 Å². The minimum Gasteiger partial charge on any atom is -0.395 e. The van der Waals surface area contributed by atoms with E-state index in [0.29, 0.717) is 5.56 Å². The van der Waals surface area contributed by atoms with Crippen LogP contribution in [0.15, 0.2) is 63.2 Å². The van der Waals surface area contributed by atoms with Crippen molar-refractivity contribution in [1.29, 1.82) is 0 Å². The lowest BCUT2D eigenvalue weighted by molar-refractivity contribution is 0.265. The van der Waals surface area contributed by atoms with Crippen LogP contribution in [-0.2, 0) is 19.9 Å². The van der Waals surface area contributed by atoms with E-state index in [4.69, 9.17) is 5.11 Å². The molecule has 0 unspecified atom stereocenters. The average Bonchev–Trinajstić information content (AvgIpc) is 2.61. The van der Waals surface area contributed by atoms with Gasteiger partial charge in [0.15, 0.2) is 0 Å². The van der Waals surface area contributed by atoms with Crippen LogP contribution >= 0.6 is 0 Å². The largest absolute Gasteiger partial charge is 0.395 e. The molecule has 2 aromatic carbocycles. The van der Waals surface area contributed by atoms with E-state index in [1.54, 1.807) is 18.2 Å². The van der Waals surface area contributed by atoms with Crippen molar-refractivity contribution >= 4 is 19.9 Å². The summed E-state index contributed by atoms with van der Waals surface area (Å²) in [5, 5.41) is 9.13. The van der Waals surface area contributed by atoms with Gasteiger partial charge in [0.1, 0.15) is 0 Å². The van der Waals surface area contributed by atoms with Crippen LogP contribution in [0.4, 0.5) is 0 Å². The molecule has 2 rings (SSSR count).